The van der Waals surface area contributed by atoms with Crippen LogP contribution in [0.4, 0.5) is 0 Å². The van der Waals surface area contributed by atoms with E-state index >= 15 is 0 Å². The van der Waals surface area contributed by atoms with E-state index in [1.807, 2.05) is 0 Å². The zero-order valence-corrected chi connectivity index (χ0v) is 17.0. The van der Waals surface area contributed by atoms with Gasteiger partial charge in [-0.2, -0.15) is 0 Å². The summed E-state index contributed by atoms with van der Waals surface area (Å²) < 4.78 is 5.94. The van der Waals surface area contributed by atoms with Gasteiger partial charge in [0.15, 0.2) is 14.7 Å². The number of hydrogen-bond donors (Lipinski definition) is 0. The third kappa shape index (κ3) is 5.90. The Morgan fingerprint density at radius 1 is 0.593 bits per heavy atom. The molecule has 0 saturated heterocycles. The van der Waals surface area contributed by atoms with Crippen molar-refractivity contribution < 1.29 is 4.74 Å². The van der Waals surface area contributed by atoms with E-state index in [0.717, 1.165) is 18.8 Å². The van der Waals surface area contributed by atoms with E-state index in [4.69, 9.17) is 4.74 Å². The van der Waals surface area contributed by atoms with E-state index in [2.05, 4.69) is 91.9 Å². The Balaban J connectivity index is 1.69. The summed E-state index contributed by atoms with van der Waals surface area (Å²) >= 11 is 0. The molecule has 2 heteroatoms. The minimum Gasteiger partial charge on any atom is -0.494 e. The van der Waals surface area contributed by atoms with Crippen molar-refractivity contribution in [2.24, 2.45) is 0 Å². The molecule has 3 aromatic rings. The van der Waals surface area contributed by atoms with E-state index in [1.165, 1.54) is 40.4 Å². The molecule has 0 amide bonds. The van der Waals surface area contributed by atoms with Gasteiger partial charge in [-0.05, 0) is 55.0 Å². The normalized spacial score (nSPS) is 10.9. The Kier molecular flexibility index (Phi) is 7.85. The number of rotatable bonds is 10. The fourth-order valence-electron chi connectivity index (χ4n) is 3.09. The van der Waals surface area contributed by atoms with Crippen LogP contribution in [0, 0.1) is 0 Å². The highest BCUT2D eigenvalue weighted by molar-refractivity contribution is 7.97. The van der Waals surface area contributed by atoms with Crippen molar-refractivity contribution in [3.63, 3.8) is 0 Å². The van der Waals surface area contributed by atoms with Gasteiger partial charge in [-0.25, -0.2) is 0 Å². The molecule has 0 aliphatic carbocycles. The lowest BCUT2D eigenvalue weighted by molar-refractivity contribution is 0.304. The maximum atomic E-state index is 5.94. The van der Waals surface area contributed by atoms with Crippen LogP contribution in [0.15, 0.2) is 99.6 Å². The Bertz CT molecular complexity index is 729. The standard InChI is InChI=1S/C25H29OS/c1-2-3-4-5-12-21-26-22-17-19-25(20-18-22)27(23-13-8-6-9-14-23)24-15-10-7-11-16-24/h6-11,13-20H,2-5,12,21H2,1H3/q+1. The molecule has 0 radical (unpaired) electrons. The van der Waals surface area contributed by atoms with E-state index in [-0.39, 0.29) is 10.9 Å². The van der Waals surface area contributed by atoms with Crippen molar-refractivity contribution >= 4 is 10.9 Å². The van der Waals surface area contributed by atoms with Crippen LogP contribution < -0.4 is 4.74 Å². The second-order valence-corrected chi connectivity index (χ2v) is 8.69. The molecule has 27 heavy (non-hydrogen) atoms. The zero-order valence-electron chi connectivity index (χ0n) is 16.1. The van der Waals surface area contributed by atoms with E-state index < -0.39 is 0 Å². The summed E-state index contributed by atoms with van der Waals surface area (Å²) in [6.07, 6.45) is 6.33. The average molecular weight is 378 g/mol. The molecule has 0 N–H and O–H groups in total. The van der Waals surface area contributed by atoms with Gasteiger partial charge in [-0.3, -0.25) is 0 Å². The minimum absolute atomic E-state index is 0.0896. The van der Waals surface area contributed by atoms with Crippen LogP contribution in [0.25, 0.3) is 0 Å². The first kappa shape index (κ1) is 19.6. The van der Waals surface area contributed by atoms with Crippen LogP contribution in [0.3, 0.4) is 0 Å². The molecule has 0 saturated carbocycles. The van der Waals surface area contributed by atoms with Gasteiger partial charge in [0, 0.05) is 0 Å². The Morgan fingerprint density at radius 3 is 1.67 bits per heavy atom. The van der Waals surface area contributed by atoms with Gasteiger partial charge >= 0.3 is 0 Å². The third-order valence-electron chi connectivity index (χ3n) is 4.53. The van der Waals surface area contributed by atoms with Gasteiger partial charge < -0.3 is 4.74 Å². The summed E-state index contributed by atoms with van der Waals surface area (Å²) in [5.74, 6) is 0.971. The topological polar surface area (TPSA) is 9.23 Å². The van der Waals surface area contributed by atoms with Gasteiger partial charge in [-0.1, -0.05) is 69.0 Å². The van der Waals surface area contributed by atoms with Crippen molar-refractivity contribution in [3.8, 4) is 5.75 Å². The van der Waals surface area contributed by atoms with E-state index in [0.29, 0.717) is 0 Å². The molecule has 0 aliphatic rings. The first-order chi connectivity index (χ1) is 13.4. The van der Waals surface area contributed by atoms with Gasteiger partial charge in [0.25, 0.3) is 0 Å². The molecule has 0 fully saturated rings. The summed E-state index contributed by atoms with van der Waals surface area (Å²) in [6, 6.07) is 30.2. The fourth-order valence-corrected chi connectivity index (χ4v) is 5.17. The summed E-state index contributed by atoms with van der Waals surface area (Å²) in [7, 11) is -0.0896. The van der Waals surface area contributed by atoms with Crippen molar-refractivity contribution in [2.45, 2.75) is 53.7 Å². The van der Waals surface area contributed by atoms with Crippen molar-refractivity contribution in [1.29, 1.82) is 0 Å². The molecule has 0 atom stereocenters. The minimum atomic E-state index is -0.0896. The van der Waals surface area contributed by atoms with Crippen LogP contribution in [-0.4, -0.2) is 6.61 Å². The SMILES string of the molecule is CCCCCCCOc1ccc([S+](c2ccccc2)c2ccccc2)cc1. The fraction of sp³-hybridized carbons (Fsp3) is 0.280. The molecular weight excluding hydrogens is 348 g/mol. The third-order valence-corrected chi connectivity index (χ3v) is 6.76. The Morgan fingerprint density at radius 2 is 1.11 bits per heavy atom. The smallest absolute Gasteiger partial charge is 0.166 e. The summed E-state index contributed by atoms with van der Waals surface area (Å²) in [4.78, 5) is 4.00. The van der Waals surface area contributed by atoms with Gasteiger partial charge in [0.2, 0.25) is 0 Å². The predicted molar refractivity (Wildman–Crippen MR) is 116 cm³/mol. The highest BCUT2D eigenvalue weighted by Crippen LogP contribution is 2.31. The highest BCUT2D eigenvalue weighted by atomic mass is 32.2. The van der Waals surface area contributed by atoms with Crippen LogP contribution >= 0.6 is 0 Å². The maximum absolute atomic E-state index is 5.94. The molecule has 3 rings (SSSR count). The summed E-state index contributed by atoms with van der Waals surface area (Å²) in [6.45, 7) is 3.06. The monoisotopic (exact) mass is 377 g/mol. The highest BCUT2D eigenvalue weighted by Gasteiger charge is 2.28. The molecule has 0 aliphatic heterocycles. The lowest BCUT2D eigenvalue weighted by Crippen LogP contribution is -2.04. The summed E-state index contributed by atoms with van der Waals surface area (Å²) in [5.41, 5.74) is 0. The first-order valence-electron chi connectivity index (χ1n) is 9.96. The van der Waals surface area contributed by atoms with Crippen molar-refractivity contribution in [1.82, 2.24) is 0 Å². The van der Waals surface area contributed by atoms with E-state index in [1.54, 1.807) is 0 Å². The Hall–Kier alpha value is -2.19. The average Bonchev–Trinajstić information content (AvgIpc) is 2.73. The van der Waals surface area contributed by atoms with Crippen LogP contribution in [0.2, 0.25) is 0 Å². The van der Waals surface area contributed by atoms with Crippen molar-refractivity contribution in [3.05, 3.63) is 84.9 Å². The lowest BCUT2D eigenvalue weighted by atomic mass is 10.2. The van der Waals surface area contributed by atoms with Crippen LogP contribution in [0.1, 0.15) is 39.0 Å². The number of unbranched alkanes of at least 4 members (excludes halogenated alkanes) is 4. The van der Waals surface area contributed by atoms with Crippen molar-refractivity contribution in [2.75, 3.05) is 6.61 Å². The van der Waals surface area contributed by atoms with Crippen LogP contribution in [-0.2, 0) is 10.9 Å². The zero-order chi connectivity index (χ0) is 18.7. The lowest BCUT2D eigenvalue weighted by Gasteiger charge is -2.09. The van der Waals surface area contributed by atoms with E-state index in [9.17, 15) is 0 Å². The van der Waals surface area contributed by atoms with Gasteiger partial charge in [-0.15, -0.1) is 0 Å². The molecular formula is C25H29OS+. The van der Waals surface area contributed by atoms with Gasteiger partial charge in [0.1, 0.15) is 5.75 Å². The second kappa shape index (κ2) is 10.8. The first-order valence-corrected chi connectivity index (χ1v) is 11.2. The predicted octanol–water partition coefficient (Wildman–Crippen LogP) is 7.13. The number of benzene rings is 3. The second-order valence-electron chi connectivity index (χ2n) is 6.67. The summed E-state index contributed by atoms with van der Waals surface area (Å²) in [5, 5.41) is 0. The molecule has 1 nitrogen and oxygen atoms in total. The Labute approximate surface area is 166 Å². The molecule has 0 aromatic heterocycles. The largest absolute Gasteiger partial charge is 0.494 e. The molecule has 0 bridgehead atoms. The van der Waals surface area contributed by atoms with Crippen LogP contribution in [0.5, 0.6) is 5.75 Å². The quantitative estimate of drug-likeness (QED) is 0.270. The molecule has 0 unspecified atom stereocenters. The van der Waals surface area contributed by atoms with Gasteiger partial charge in [0.05, 0.1) is 17.5 Å². The molecule has 0 heterocycles. The number of hydrogen-bond acceptors (Lipinski definition) is 1. The molecule has 0 spiro atoms. The number of ether oxygens (including phenoxy) is 1. The molecule has 3 aromatic carbocycles. The molecule has 140 valence electrons. The maximum Gasteiger partial charge on any atom is 0.166 e.